The molecule has 2 aliphatic heterocycles. The Morgan fingerprint density at radius 2 is 2.00 bits per heavy atom. The van der Waals surface area contributed by atoms with E-state index in [-0.39, 0.29) is 18.2 Å². The van der Waals surface area contributed by atoms with E-state index < -0.39 is 0 Å². The molecular formula is C19H18ClNO3. The molecule has 1 fully saturated rings. The first kappa shape index (κ1) is 15.5. The Hall–Kier alpha value is -2.04. The molecule has 124 valence electrons. The van der Waals surface area contributed by atoms with Gasteiger partial charge in [-0.2, -0.15) is 0 Å². The average Bonchev–Trinajstić information content (AvgIpc) is 3.14. The maximum Gasteiger partial charge on any atom is 0.339 e. The number of rotatable bonds is 3. The van der Waals surface area contributed by atoms with E-state index in [0.29, 0.717) is 23.6 Å². The van der Waals surface area contributed by atoms with Crippen molar-refractivity contribution >= 4 is 23.3 Å². The van der Waals surface area contributed by atoms with Gasteiger partial charge in [-0.15, -0.1) is 0 Å². The number of ether oxygens (including phenoxy) is 1. The maximum absolute atomic E-state index is 12.2. The van der Waals surface area contributed by atoms with E-state index in [2.05, 4.69) is 4.90 Å². The van der Waals surface area contributed by atoms with E-state index in [0.717, 1.165) is 29.8 Å². The molecule has 2 aromatic rings. The number of carbonyl (C=O) groups is 1. The van der Waals surface area contributed by atoms with Crippen LogP contribution in [0, 0.1) is 0 Å². The van der Waals surface area contributed by atoms with Gasteiger partial charge in [0.2, 0.25) is 0 Å². The average molecular weight is 344 g/mol. The Labute approximate surface area is 145 Å². The summed E-state index contributed by atoms with van der Waals surface area (Å²) in [6, 6.07) is 13.5. The summed E-state index contributed by atoms with van der Waals surface area (Å²) in [5.74, 6) is -0.273. The lowest BCUT2D eigenvalue weighted by Crippen LogP contribution is -2.21. The Balaban J connectivity index is 1.57. The molecule has 2 atom stereocenters. The molecule has 0 aromatic heterocycles. The van der Waals surface area contributed by atoms with Gasteiger partial charge in [0.05, 0.1) is 11.7 Å². The summed E-state index contributed by atoms with van der Waals surface area (Å²) in [5, 5.41) is 10.4. The highest BCUT2D eigenvalue weighted by atomic mass is 35.5. The number of esters is 1. The molecule has 0 aliphatic carbocycles. The molecular weight excluding hydrogens is 326 g/mol. The summed E-state index contributed by atoms with van der Waals surface area (Å²) in [5.41, 5.74) is 3.61. The number of halogens is 1. The summed E-state index contributed by atoms with van der Waals surface area (Å²) in [6.45, 7) is 1.42. The minimum atomic E-state index is -0.289. The van der Waals surface area contributed by atoms with Crippen molar-refractivity contribution in [1.82, 2.24) is 0 Å². The van der Waals surface area contributed by atoms with Crippen LogP contribution in [0.4, 0.5) is 5.69 Å². The fourth-order valence-corrected chi connectivity index (χ4v) is 3.54. The van der Waals surface area contributed by atoms with Gasteiger partial charge in [-0.05, 0) is 36.2 Å². The molecule has 2 aromatic carbocycles. The fourth-order valence-electron chi connectivity index (χ4n) is 3.42. The zero-order valence-electron chi connectivity index (χ0n) is 13.1. The second-order valence-corrected chi connectivity index (χ2v) is 6.82. The van der Waals surface area contributed by atoms with Crippen LogP contribution in [0.2, 0.25) is 5.02 Å². The second-order valence-electron chi connectivity index (χ2n) is 6.38. The highest BCUT2D eigenvalue weighted by Crippen LogP contribution is 2.36. The smallest absolute Gasteiger partial charge is 0.339 e. The summed E-state index contributed by atoms with van der Waals surface area (Å²) < 4.78 is 5.56. The largest absolute Gasteiger partial charge is 0.454 e. The molecule has 5 heteroatoms. The lowest BCUT2D eigenvalue weighted by molar-refractivity contribution is 0.0387. The van der Waals surface area contributed by atoms with Crippen LogP contribution in [-0.2, 0) is 11.2 Å². The predicted molar refractivity (Wildman–Crippen MR) is 92.6 cm³/mol. The van der Waals surface area contributed by atoms with Gasteiger partial charge in [0.15, 0.2) is 0 Å². The molecule has 1 unspecified atom stereocenters. The van der Waals surface area contributed by atoms with Crippen molar-refractivity contribution in [3.05, 3.63) is 64.2 Å². The Kier molecular flexibility index (Phi) is 3.94. The standard InChI is InChI=1S/C19H18ClNO3/c20-13-3-1-12(2-4-13)9-18-16-6-5-14(10-17(16)19(23)24-18)21-8-7-15(22)11-21/h1-6,10,15,18,22H,7-9,11H2/t15-,18?/m1/s1. The van der Waals surface area contributed by atoms with Gasteiger partial charge in [0.25, 0.3) is 0 Å². The molecule has 0 spiro atoms. The molecule has 4 nitrogen and oxygen atoms in total. The van der Waals surface area contributed by atoms with Crippen molar-refractivity contribution in [3.63, 3.8) is 0 Å². The van der Waals surface area contributed by atoms with Crippen LogP contribution >= 0.6 is 11.6 Å². The number of benzene rings is 2. The molecule has 4 rings (SSSR count). The number of cyclic esters (lactones) is 1. The van der Waals surface area contributed by atoms with E-state index in [1.807, 2.05) is 42.5 Å². The quantitative estimate of drug-likeness (QED) is 0.868. The van der Waals surface area contributed by atoms with E-state index in [1.165, 1.54) is 0 Å². The summed E-state index contributed by atoms with van der Waals surface area (Å²) >= 11 is 5.91. The lowest BCUT2D eigenvalue weighted by atomic mass is 9.99. The molecule has 1 N–H and O–H groups in total. The maximum atomic E-state index is 12.2. The first-order valence-corrected chi connectivity index (χ1v) is 8.50. The zero-order valence-corrected chi connectivity index (χ0v) is 13.9. The van der Waals surface area contributed by atoms with Crippen LogP contribution in [0.5, 0.6) is 0 Å². The van der Waals surface area contributed by atoms with E-state index in [1.54, 1.807) is 0 Å². The number of nitrogens with zero attached hydrogens (tertiary/aromatic N) is 1. The number of β-amino-alcohol motifs (C(OH)–C–C–N with tert-alkyl or cyclic N) is 1. The fraction of sp³-hybridized carbons (Fsp3) is 0.316. The zero-order chi connectivity index (χ0) is 16.7. The lowest BCUT2D eigenvalue weighted by Gasteiger charge is -2.18. The van der Waals surface area contributed by atoms with Crippen molar-refractivity contribution in [2.75, 3.05) is 18.0 Å². The molecule has 2 heterocycles. The van der Waals surface area contributed by atoms with E-state index >= 15 is 0 Å². The number of hydrogen-bond donors (Lipinski definition) is 1. The number of hydrogen-bond acceptors (Lipinski definition) is 4. The Morgan fingerprint density at radius 3 is 2.71 bits per heavy atom. The van der Waals surface area contributed by atoms with Crippen LogP contribution in [0.3, 0.4) is 0 Å². The van der Waals surface area contributed by atoms with Gasteiger partial charge >= 0.3 is 5.97 Å². The Morgan fingerprint density at radius 1 is 1.21 bits per heavy atom. The molecule has 1 saturated heterocycles. The molecule has 2 aliphatic rings. The third kappa shape index (κ3) is 2.87. The third-order valence-electron chi connectivity index (χ3n) is 4.72. The molecule has 0 bridgehead atoms. The monoisotopic (exact) mass is 343 g/mol. The summed E-state index contributed by atoms with van der Waals surface area (Å²) in [4.78, 5) is 14.3. The van der Waals surface area contributed by atoms with Gasteiger partial charge in [0.1, 0.15) is 6.10 Å². The van der Waals surface area contributed by atoms with E-state index in [9.17, 15) is 9.90 Å². The van der Waals surface area contributed by atoms with Gasteiger partial charge in [-0.1, -0.05) is 29.8 Å². The Bertz CT molecular complexity index is 775. The topological polar surface area (TPSA) is 49.8 Å². The van der Waals surface area contributed by atoms with Crippen LogP contribution in [0.15, 0.2) is 42.5 Å². The summed E-state index contributed by atoms with van der Waals surface area (Å²) in [7, 11) is 0. The molecule has 0 radical (unpaired) electrons. The summed E-state index contributed by atoms with van der Waals surface area (Å²) in [6.07, 6.45) is 0.855. The minimum Gasteiger partial charge on any atom is -0.454 e. The first-order valence-electron chi connectivity index (χ1n) is 8.12. The van der Waals surface area contributed by atoms with Crippen molar-refractivity contribution in [2.45, 2.75) is 25.0 Å². The number of aliphatic hydroxyl groups excluding tert-OH is 1. The van der Waals surface area contributed by atoms with Gasteiger partial charge < -0.3 is 14.7 Å². The first-order chi connectivity index (χ1) is 11.6. The molecule has 0 amide bonds. The van der Waals surface area contributed by atoms with Crippen molar-refractivity contribution in [2.24, 2.45) is 0 Å². The number of anilines is 1. The van der Waals surface area contributed by atoms with Crippen molar-refractivity contribution in [1.29, 1.82) is 0 Å². The van der Waals surface area contributed by atoms with Crippen LogP contribution in [-0.4, -0.2) is 30.3 Å². The number of aliphatic hydroxyl groups is 1. The predicted octanol–water partition coefficient (Wildman–Crippen LogP) is 3.37. The van der Waals surface area contributed by atoms with Crippen LogP contribution in [0.25, 0.3) is 0 Å². The van der Waals surface area contributed by atoms with Crippen LogP contribution in [0.1, 0.15) is 34.0 Å². The highest BCUT2D eigenvalue weighted by Gasteiger charge is 2.32. The molecule has 0 saturated carbocycles. The number of fused-ring (bicyclic) bond motifs is 1. The van der Waals surface area contributed by atoms with Gasteiger partial charge in [-0.25, -0.2) is 4.79 Å². The SMILES string of the molecule is O=C1OC(Cc2ccc(Cl)cc2)c2ccc(N3CC[C@@H](O)C3)cc21. The van der Waals surface area contributed by atoms with E-state index in [4.69, 9.17) is 16.3 Å². The third-order valence-corrected chi connectivity index (χ3v) is 4.97. The number of carbonyl (C=O) groups excluding carboxylic acids is 1. The normalized spacial score (nSPS) is 22.6. The van der Waals surface area contributed by atoms with Crippen molar-refractivity contribution in [3.8, 4) is 0 Å². The van der Waals surface area contributed by atoms with Gasteiger partial charge in [-0.3, -0.25) is 0 Å². The van der Waals surface area contributed by atoms with Crippen molar-refractivity contribution < 1.29 is 14.6 Å². The van der Waals surface area contributed by atoms with Crippen LogP contribution < -0.4 is 4.90 Å². The second kappa shape index (κ2) is 6.11. The molecule has 24 heavy (non-hydrogen) atoms. The minimum absolute atomic E-state index is 0.258. The highest BCUT2D eigenvalue weighted by molar-refractivity contribution is 6.30. The van der Waals surface area contributed by atoms with Gasteiger partial charge in [0, 0.05) is 35.8 Å².